The van der Waals surface area contributed by atoms with Gasteiger partial charge in [-0.15, -0.1) is 0 Å². The number of hydrogen-bond donors (Lipinski definition) is 2. The number of hydrogen-bond acceptors (Lipinski definition) is 4. The summed E-state index contributed by atoms with van der Waals surface area (Å²) in [5, 5.41) is 11.7. The van der Waals surface area contributed by atoms with Crippen LogP contribution in [0.2, 0.25) is 0 Å². The molecule has 94 valence electrons. The van der Waals surface area contributed by atoms with Gasteiger partial charge in [-0.25, -0.2) is 0 Å². The number of methoxy groups -OCH3 is 1. The molecule has 1 atom stereocenters. The van der Waals surface area contributed by atoms with Gasteiger partial charge in [0.1, 0.15) is 0 Å². The molecule has 1 heterocycles. The second-order valence-electron chi connectivity index (χ2n) is 3.76. The van der Waals surface area contributed by atoms with Crippen LogP contribution >= 0.6 is 0 Å². The quantitative estimate of drug-likeness (QED) is 0.708. The highest BCUT2D eigenvalue weighted by Crippen LogP contribution is 1.99. The maximum atomic E-state index is 11.7. The molecule has 0 saturated heterocycles. The highest BCUT2D eigenvalue weighted by atomic mass is 16.5. The number of carbonyl (C=O) groups is 1. The third-order valence-corrected chi connectivity index (χ3v) is 2.32. The summed E-state index contributed by atoms with van der Waals surface area (Å²) in [7, 11) is 1.57. The van der Waals surface area contributed by atoms with E-state index in [2.05, 4.69) is 10.3 Å². The fourth-order valence-corrected chi connectivity index (χ4v) is 1.52. The molecule has 1 aromatic rings. The molecule has 5 nitrogen and oxygen atoms in total. The summed E-state index contributed by atoms with van der Waals surface area (Å²) in [6.45, 7) is 0.437. The summed E-state index contributed by atoms with van der Waals surface area (Å²) < 4.78 is 4.97. The minimum absolute atomic E-state index is 0.0313. The van der Waals surface area contributed by atoms with Crippen molar-refractivity contribution in [3.05, 3.63) is 30.1 Å². The Morgan fingerprint density at radius 3 is 2.82 bits per heavy atom. The van der Waals surface area contributed by atoms with Gasteiger partial charge in [0, 0.05) is 26.1 Å². The van der Waals surface area contributed by atoms with Gasteiger partial charge in [-0.1, -0.05) is 0 Å². The summed E-state index contributed by atoms with van der Waals surface area (Å²) in [6, 6.07) is 3.47. The Bertz CT molecular complexity index is 324. The summed E-state index contributed by atoms with van der Waals surface area (Å²) in [5.74, 6) is -0.0771. The van der Waals surface area contributed by atoms with Gasteiger partial charge < -0.3 is 15.2 Å². The van der Waals surface area contributed by atoms with E-state index in [1.54, 1.807) is 31.6 Å². The van der Waals surface area contributed by atoms with E-state index in [-0.39, 0.29) is 18.6 Å². The Morgan fingerprint density at radius 1 is 1.53 bits per heavy atom. The highest BCUT2D eigenvalue weighted by Gasteiger charge is 2.11. The van der Waals surface area contributed by atoms with E-state index < -0.39 is 0 Å². The van der Waals surface area contributed by atoms with Crippen molar-refractivity contribution in [2.45, 2.75) is 18.9 Å². The first kappa shape index (κ1) is 13.6. The minimum Gasteiger partial charge on any atom is -0.396 e. The zero-order valence-electron chi connectivity index (χ0n) is 9.93. The average molecular weight is 238 g/mol. The van der Waals surface area contributed by atoms with Crippen molar-refractivity contribution in [3.8, 4) is 0 Å². The van der Waals surface area contributed by atoms with Crippen LogP contribution in [0.15, 0.2) is 24.5 Å². The molecule has 0 saturated carbocycles. The van der Waals surface area contributed by atoms with Crippen molar-refractivity contribution in [2.24, 2.45) is 0 Å². The van der Waals surface area contributed by atoms with Gasteiger partial charge in [0.2, 0.25) is 5.91 Å². The summed E-state index contributed by atoms with van der Waals surface area (Å²) in [5.41, 5.74) is 0.915. The van der Waals surface area contributed by atoms with Crippen molar-refractivity contribution in [1.29, 1.82) is 0 Å². The molecule has 0 aromatic carbocycles. The Balaban J connectivity index is 2.42. The molecule has 2 N–H and O–H groups in total. The van der Waals surface area contributed by atoms with E-state index in [9.17, 15) is 4.79 Å². The number of rotatable bonds is 7. The van der Waals surface area contributed by atoms with Crippen LogP contribution < -0.4 is 5.32 Å². The second-order valence-corrected chi connectivity index (χ2v) is 3.76. The number of aliphatic hydroxyl groups excluding tert-OH is 1. The number of carbonyl (C=O) groups excluding carboxylic acids is 1. The first-order valence-corrected chi connectivity index (χ1v) is 5.54. The van der Waals surface area contributed by atoms with E-state index in [0.29, 0.717) is 19.4 Å². The van der Waals surface area contributed by atoms with Gasteiger partial charge in [0.15, 0.2) is 0 Å². The molecule has 1 unspecified atom stereocenters. The Hall–Kier alpha value is -1.46. The number of nitrogens with zero attached hydrogens (tertiary/aromatic N) is 1. The lowest BCUT2D eigenvalue weighted by molar-refractivity contribution is -0.121. The standard InChI is InChI=1S/C12H18N2O3/c1-17-9-11(4-7-15)14-12(16)8-10-2-5-13-6-3-10/h2-3,5-6,11,15H,4,7-9H2,1H3,(H,14,16). The lowest BCUT2D eigenvalue weighted by Gasteiger charge is -2.16. The zero-order chi connectivity index (χ0) is 12.5. The number of ether oxygens (including phenoxy) is 1. The van der Waals surface area contributed by atoms with Gasteiger partial charge >= 0.3 is 0 Å². The number of aliphatic hydroxyl groups is 1. The van der Waals surface area contributed by atoms with Crippen molar-refractivity contribution >= 4 is 5.91 Å². The Labute approximate surface area is 101 Å². The fourth-order valence-electron chi connectivity index (χ4n) is 1.52. The lowest BCUT2D eigenvalue weighted by atomic mass is 10.1. The van der Waals surface area contributed by atoms with Crippen LogP contribution in [0, 0.1) is 0 Å². The van der Waals surface area contributed by atoms with Gasteiger partial charge in [0.25, 0.3) is 0 Å². The van der Waals surface area contributed by atoms with Crippen LogP contribution in [-0.2, 0) is 16.0 Å². The highest BCUT2D eigenvalue weighted by molar-refractivity contribution is 5.78. The third kappa shape index (κ3) is 5.42. The number of nitrogens with one attached hydrogen (secondary N) is 1. The monoisotopic (exact) mass is 238 g/mol. The molecule has 1 amide bonds. The second kappa shape index (κ2) is 7.76. The molecule has 1 aromatic heterocycles. The number of pyridine rings is 1. The van der Waals surface area contributed by atoms with Gasteiger partial charge in [-0.3, -0.25) is 9.78 Å². The number of amides is 1. The Kier molecular flexibility index (Phi) is 6.21. The van der Waals surface area contributed by atoms with E-state index in [0.717, 1.165) is 5.56 Å². The first-order chi connectivity index (χ1) is 8.26. The first-order valence-electron chi connectivity index (χ1n) is 5.54. The predicted octanol–water partition coefficient (Wildman–Crippen LogP) is 0.138. The van der Waals surface area contributed by atoms with Crippen molar-refractivity contribution in [1.82, 2.24) is 10.3 Å². The van der Waals surface area contributed by atoms with E-state index in [4.69, 9.17) is 9.84 Å². The van der Waals surface area contributed by atoms with E-state index in [1.807, 2.05) is 0 Å². The summed E-state index contributed by atoms with van der Waals surface area (Å²) >= 11 is 0. The molecule has 0 radical (unpaired) electrons. The Morgan fingerprint density at radius 2 is 2.24 bits per heavy atom. The SMILES string of the molecule is COCC(CCO)NC(=O)Cc1ccncc1. The molecule has 0 aliphatic heterocycles. The van der Waals surface area contributed by atoms with Gasteiger partial charge in [-0.05, 0) is 24.1 Å². The van der Waals surface area contributed by atoms with Crippen LogP contribution in [0.5, 0.6) is 0 Å². The van der Waals surface area contributed by atoms with Crippen LogP contribution in [0.25, 0.3) is 0 Å². The maximum absolute atomic E-state index is 11.7. The normalized spacial score (nSPS) is 12.1. The third-order valence-electron chi connectivity index (χ3n) is 2.32. The summed E-state index contributed by atoms with van der Waals surface area (Å²) in [6.07, 6.45) is 4.12. The molecule has 0 aliphatic rings. The molecular weight excluding hydrogens is 220 g/mol. The van der Waals surface area contributed by atoms with Crippen molar-refractivity contribution in [2.75, 3.05) is 20.3 Å². The topological polar surface area (TPSA) is 71.5 Å². The molecule has 0 spiro atoms. The van der Waals surface area contributed by atoms with Crippen LogP contribution in [-0.4, -0.2) is 42.4 Å². The van der Waals surface area contributed by atoms with E-state index in [1.165, 1.54) is 0 Å². The molecule has 0 aliphatic carbocycles. The molecule has 0 bridgehead atoms. The predicted molar refractivity (Wildman–Crippen MR) is 63.5 cm³/mol. The van der Waals surface area contributed by atoms with Crippen molar-refractivity contribution < 1.29 is 14.6 Å². The van der Waals surface area contributed by atoms with Crippen LogP contribution in [0.4, 0.5) is 0 Å². The van der Waals surface area contributed by atoms with Gasteiger partial charge in [0.05, 0.1) is 19.1 Å². The zero-order valence-corrected chi connectivity index (χ0v) is 9.93. The minimum atomic E-state index is -0.140. The van der Waals surface area contributed by atoms with Crippen molar-refractivity contribution in [3.63, 3.8) is 0 Å². The molecule has 17 heavy (non-hydrogen) atoms. The molecule has 1 rings (SSSR count). The van der Waals surface area contributed by atoms with Crippen LogP contribution in [0.1, 0.15) is 12.0 Å². The molecule has 0 fully saturated rings. The summed E-state index contributed by atoms with van der Waals surface area (Å²) in [4.78, 5) is 15.6. The fraction of sp³-hybridized carbons (Fsp3) is 0.500. The van der Waals surface area contributed by atoms with Crippen LogP contribution in [0.3, 0.4) is 0 Å². The largest absolute Gasteiger partial charge is 0.396 e. The smallest absolute Gasteiger partial charge is 0.224 e. The van der Waals surface area contributed by atoms with E-state index >= 15 is 0 Å². The molecular formula is C12H18N2O3. The number of aromatic nitrogens is 1. The maximum Gasteiger partial charge on any atom is 0.224 e. The van der Waals surface area contributed by atoms with Gasteiger partial charge in [-0.2, -0.15) is 0 Å². The lowest BCUT2D eigenvalue weighted by Crippen LogP contribution is -2.39. The average Bonchev–Trinajstić information content (AvgIpc) is 2.30. The molecule has 5 heteroatoms.